The van der Waals surface area contributed by atoms with Gasteiger partial charge < -0.3 is 0 Å². The van der Waals surface area contributed by atoms with Crippen LogP contribution in [0.4, 0.5) is 0 Å². The maximum Gasteiger partial charge on any atom is -0.0276 e. The molecule has 0 bridgehead atoms. The van der Waals surface area contributed by atoms with Gasteiger partial charge in [-0.1, -0.05) is 229 Å². The Balaban J connectivity index is 0.000000204. The Morgan fingerprint density at radius 2 is 0.566 bits per heavy atom. The van der Waals surface area contributed by atoms with Crippen molar-refractivity contribution in [2.24, 2.45) is 47.3 Å². The highest BCUT2D eigenvalue weighted by Gasteiger charge is 2.26. The minimum Gasteiger partial charge on any atom is -0.0654 e. The predicted octanol–water partition coefficient (Wildman–Crippen LogP) is 16.5. The van der Waals surface area contributed by atoms with Crippen molar-refractivity contribution in [1.29, 1.82) is 0 Å². The van der Waals surface area contributed by atoms with Crippen molar-refractivity contribution in [2.75, 3.05) is 0 Å². The van der Waals surface area contributed by atoms with E-state index in [1.165, 1.54) is 196 Å². The lowest BCUT2D eigenvalue weighted by Crippen LogP contribution is -2.18. The van der Waals surface area contributed by atoms with Gasteiger partial charge in [0.25, 0.3) is 0 Å². The van der Waals surface area contributed by atoms with Gasteiger partial charge in [0.05, 0.1) is 0 Å². The Morgan fingerprint density at radius 3 is 0.849 bits per heavy atom. The normalized spacial score (nSPS) is 29.3. The van der Waals surface area contributed by atoms with Crippen molar-refractivity contribution < 1.29 is 0 Å². The second kappa shape index (κ2) is 24.2. The van der Waals surface area contributed by atoms with E-state index < -0.39 is 0 Å². The van der Waals surface area contributed by atoms with Crippen LogP contribution in [0.25, 0.3) is 0 Å². The SMILES string of the molecule is CCC[C@H]1CC[C@H](CC[C@H]2CC[C@H](CCc3ccc(C)cc3)CC2)CC1.CCC[C@H]1CC[C@H](CC[C@H]2CC[C@H](CCc3ccc(CC)cc3)CC2)CC1. The van der Waals surface area contributed by atoms with Crippen molar-refractivity contribution in [3.63, 3.8) is 0 Å². The highest BCUT2D eigenvalue weighted by Crippen LogP contribution is 2.40. The van der Waals surface area contributed by atoms with Gasteiger partial charge in [0.2, 0.25) is 0 Å². The molecule has 4 aliphatic rings. The summed E-state index contributed by atoms with van der Waals surface area (Å²) in [4.78, 5) is 0. The second-order valence-corrected chi connectivity index (χ2v) is 19.5. The molecule has 53 heavy (non-hydrogen) atoms. The molecule has 0 heteroatoms. The maximum absolute atomic E-state index is 2.36. The third-order valence-corrected chi connectivity index (χ3v) is 15.5. The molecule has 2 aromatic carbocycles. The maximum atomic E-state index is 2.36. The van der Waals surface area contributed by atoms with Gasteiger partial charge in [-0.25, -0.2) is 0 Å². The molecule has 0 radical (unpaired) electrons. The van der Waals surface area contributed by atoms with Crippen LogP contribution in [0.5, 0.6) is 0 Å². The zero-order chi connectivity index (χ0) is 37.1. The van der Waals surface area contributed by atoms with E-state index in [0.29, 0.717) is 0 Å². The summed E-state index contributed by atoms with van der Waals surface area (Å²) < 4.78 is 0. The monoisotopic (exact) mass is 723 g/mol. The average molecular weight is 723 g/mol. The third-order valence-electron chi connectivity index (χ3n) is 15.5. The van der Waals surface area contributed by atoms with Crippen LogP contribution in [0.3, 0.4) is 0 Å². The zero-order valence-corrected chi connectivity index (χ0v) is 35.7. The fraction of sp³-hybridized carbons (Fsp3) is 0.774. The molecule has 0 saturated heterocycles. The van der Waals surface area contributed by atoms with Gasteiger partial charge in [-0.3, -0.25) is 0 Å². The van der Waals surface area contributed by atoms with Gasteiger partial charge in [-0.15, -0.1) is 0 Å². The quantitative estimate of drug-likeness (QED) is 0.152. The summed E-state index contributed by atoms with van der Waals surface area (Å²) in [5.41, 5.74) is 5.94. The van der Waals surface area contributed by atoms with Crippen molar-refractivity contribution in [1.82, 2.24) is 0 Å². The molecule has 0 aliphatic heterocycles. The lowest BCUT2D eigenvalue weighted by atomic mass is 9.74. The van der Waals surface area contributed by atoms with Gasteiger partial charge >= 0.3 is 0 Å². The van der Waals surface area contributed by atoms with Gasteiger partial charge in [-0.2, -0.15) is 0 Å². The van der Waals surface area contributed by atoms with Crippen LogP contribution < -0.4 is 0 Å². The van der Waals surface area contributed by atoms with Crippen molar-refractivity contribution in [2.45, 2.75) is 214 Å². The fourth-order valence-corrected chi connectivity index (χ4v) is 11.4. The summed E-state index contributed by atoms with van der Waals surface area (Å²) in [6.45, 7) is 9.13. The van der Waals surface area contributed by atoms with E-state index >= 15 is 0 Å². The minimum atomic E-state index is 0.997. The van der Waals surface area contributed by atoms with Crippen LogP contribution >= 0.6 is 0 Å². The number of hydrogen-bond acceptors (Lipinski definition) is 0. The molecule has 0 atom stereocenters. The molecule has 0 amide bonds. The average Bonchev–Trinajstić information content (AvgIpc) is 3.21. The van der Waals surface area contributed by atoms with E-state index in [9.17, 15) is 0 Å². The molecule has 2 aromatic rings. The molecule has 0 spiro atoms. The molecule has 0 nitrogen and oxygen atoms in total. The third kappa shape index (κ3) is 15.8. The summed E-state index contributed by atoms with van der Waals surface area (Å²) in [5.74, 6) is 8.38. The van der Waals surface area contributed by atoms with Gasteiger partial charge in [0.15, 0.2) is 0 Å². The molecule has 4 aliphatic carbocycles. The van der Waals surface area contributed by atoms with Gasteiger partial charge in [0, 0.05) is 0 Å². The molecule has 0 N–H and O–H groups in total. The molecular formula is C53H86. The van der Waals surface area contributed by atoms with Crippen LogP contribution in [-0.2, 0) is 19.3 Å². The first-order valence-corrected chi connectivity index (χ1v) is 24.1. The first-order chi connectivity index (χ1) is 26.0. The van der Waals surface area contributed by atoms with E-state index in [1.54, 1.807) is 5.56 Å². The van der Waals surface area contributed by atoms with Crippen molar-refractivity contribution >= 4 is 0 Å². The Kier molecular flexibility index (Phi) is 19.4. The van der Waals surface area contributed by atoms with E-state index in [4.69, 9.17) is 0 Å². The molecule has 0 aromatic heterocycles. The van der Waals surface area contributed by atoms with Gasteiger partial charge in [0.1, 0.15) is 0 Å². The van der Waals surface area contributed by atoms with E-state index in [-0.39, 0.29) is 0 Å². The summed E-state index contributed by atoms with van der Waals surface area (Å²) in [6.07, 6.45) is 42.8. The highest BCUT2D eigenvalue weighted by atomic mass is 14.3. The predicted molar refractivity (Wildman–Crippen MR) is 234 cm³/mol. The molecule has 0 unspecified atom stereocenters. The fourth-order valence-electron chi connectivity index (χ4n) is 11.4. The smallest absolute Gasteiger partial charge is 0.0276 e. The lowest BCUT2D eigenvalue weighted by Gasteiger charge is -2.32. The zero-order valence-electron chi connectivity index (χ0n) is 35.7. The summed E-state index contributed by atoms with van der Waals surface area (Å²) in [5, 5.41) is 0. The van der Waals surface area contributed by atoms with Crippen molar-refractivity contribution in [3.8, 4) is 0 Å². The van der Waals surface area contributed by atoms with Crippen molar-refractivity contribution in [3.05, 3.63) is 70.8 Å². The molecule has 6 rings (SSSR count). The molecule has 4 fully saturated rings. The van der Waals surface area contributed by atoms with Crippen LogP contribution in [0, 0.1) is 54.3 Å². The van der Waals surface area contributed by atoms with E-state index in [1.807, 2.05) is 0 Å². The Hall–Kier alpha value is -1.56. The van der Waals surface area contributed by atoms with Crippen LogP contribution in [0.15, 0.2) is 48.5 Å². The molecule has 298 valence electrons. The first kappa shape index (κ1) is 42.6. The Bertz CT molecular complexity index is 1170. The number of hydrogen-bond donors (Lipinski definition) is 0. The summed E-state index contributed by atoms with van der Waals surface area (Å²) in [7, 11) is 0. The Labute approximate surface area is 330 Å². The lowest BCUT2D eigenvalue weighted by molar-refractivity contribution is 0.209. The number of aryl methyl sites for hydroxylation is 4. The first-order valence-electron chi connectivity index (χ1n) is 24.1. The Morgan fingerprint density at radius 1 is 0.321 bits per heavy atom. The second-order valence-electron chi connectivity index (χ2n) is 19.5. The van der Waals surface area contributed by atoms with E-state index in [0.717, 1.165) is 53.8 Å². The van der Waals surface area contributed by atoms with E-state index in [2.05, 4.69) is 76.2 Å². The summed E-state index contributed by atoms with van der Waals surface area (Å²) in [6, 6.07) is 18.6. The van der Waals surface area contributed by atoms with Crippen LogP contribution in [0.2, 0.25) is 0 Å². The van der Waals surface area contributed by atoms with Crippen LogP contribution in [-0.4, -0.2) is 0 Å². The van der Waals surface area contributed by atoms with Crippen LogP contribution in [0.1, 0.15) is 210 Å². The highest BCUT2D eigenvalue weighted by molar-refractivity contribution is 5.23. The van der Waals surface area contributed by atoms with Gasteiger partial charge in [-0.05, 0) is 103 Å². The number of rotatable bonds is 17. The molecular weight excluding hydrogens is 637 g/mol. The minimum absolute atomic E-state index is 0.997. The molecule has 4 saturated carbocycles. The topological polar surface area (TPSA) is 0 Å². The standard InChI is InChI=1S/C27H44.C26H42/c1-3-5-23-10-12-25(13-11-23)16-17-27-20-18-26(19-21-27)15-14-24-8-6-22(4-2)7-9-24;1-3-4-22-9-11-24(12-10-22)15-16-26-19-17-25(18-20-26)14-13-23-7-5-21(2)6-8-23/h6-9,23,25-27H,3-5,10-21H2,1-2H3;5-8,22,24-26H,3-4,9-20H2,1-2H3/t23-,25-,26-,27-;22-,24-,25-,26-. The summed E-state index contributed by atoms with van der Waals surface area (Å²) >= 11 is 0. The largest absolute Gasteiger partial charge is 0.0654 e. The molecule has 0 heterocycles. The number of benzene rings is 2.